The Labute approximate surface area is 204 Å². The summed E-state index contributed by atoms with van der Waals surface area (Å²) in [6, 6.07) is 16.0. The lowest BCUT2D eigenvalue weighted by Crippen LogP contribution is -2.35. The van der Waals surface area contributed by atoms with E-state index < -0.39 is 0 Å². The molecule has 0 spiro atoms. The molecular weight excluding hydrogens is 446 g/mol. The standard InChI is InChI=1S/C28H28ClN3O2/c1-34-28(33)24-9-6-10-25-27(24)22(18-31-25)15-26(32-11-3-2-4-12-32)21-13-20(16-30-17-21)19-7-5-8-23(29)14-19/h5-10,13-14,16-18,26,31H,2-4,11-12,15H2,1H3. The van der Waals surface area contributed by atoms with E-state index in [1.807, 2.05) is 55.0 Å². The summed E-state index contributed by atoms with van der Waals surface area (Å²) < 4.78 is 5.07. The third kappa shape index (κ3) is 4.59. The number of H-pyrrole nitrogens is 1. The Balaban J connectivity index is 1.56. The van der Waals surface area contributed by atoms with Gasteiger partial charge >= 0.3 is 5.97 Å². The number of likely N-dealkylation sites (tertiary alicyclic amines) is 1. The van der Waals surface area contributed by atoms with Crippen molar-refractivity contribution in [2.24, 2.45) is 0 Å². The Morgan fingerprint density at radius 3 is 2.71 bits per heavy atom. The second kappa shape index (κ2) is 10.00. The largest absolute Gasteiger partial charge is 0.465 e. The van der Waals surface area contributed by atoms with E-state index in [2.05, 4.69) is 27.0 Å². The molecule has 0 radical (unpaired) electrons. The van der Waals surface area contributed by atoms with E-state index in [4.69, 9.17) is 16.3 Å². The summed E-state index contributed by atoms with van der Waals surface area (Å²) in [5, 5.41) is 1.65. The van der Waals surface area contributed by atoms with Gasteiger partial charge in [-0.2, -0.15) is 0 Å². The highest BCUT2D eigenvalue weighted by Gasteiger charge is 2.26. The van der Waals surface area contributed by atoms with Gasteiger partial charge in [-0.3, -0.25) is 9.88 Å². The maximum absolute atomic E-state index is 12.5. The fourth-order valence-corrected chi connectivity index (χ4v) is 5.25. The molecule has 1 aliphatic heterocycles. The highest BCUT2D eigenvalue weighted by atomic mass is 35.5. The van der Waals surface area contributed by atoms with Crippen LogP contribution in [0.25, 0.3) is 22.0 Å². The number of methoxy groups -OCH3 is 1. The van der Waals surface area contributed by atoms with Gasteiger partial charge in [0.2, 0.25) is 0 Å². The number of aromatic amines is 1. The fourth-order valence-electron chi connectivity index (χ4n) is 5.06. The first-order chi connectivity index (χ1) is 16.6. The monoisotopic (exact) mass is 473 g/mol. The molecule has 4 aromatic rings. The van der Waals surface area contributed by atoms with Crippen molar-refractivity contribution in [3.05, 3.63) is 88.8 Å². The number of benzene rings is 2. The van der Waals surface area contributed by atoms with Crippen LogP contribution in [0.15, 0.2) is 67.1 Å². The van der Waals surface area contributed by atoms with E-state index in [1.165, 1.54) is 31.9 Å². The summed E-state index contributed by atoms with van der Waals surface area (Å²) in [7, 11) is 1.43. The molecule has 1 aliphatic rings. The number of aromatic nitrogens is 2. The van der Waals surface area contributed by atoms with Gasteiger partial charge in [0.15, 0.2) is 0 Å². The summed E-state index contributed by atoms with van der Waals surface area (Å²) >= 11 is 6.25. The maximum Gasteiger partial charge on any atom is 0.338 e. The number of ether oxygens (including phenoxy) is 1. The molecule has 2 aromatic heterocycles. The van der Waals surface area contributed by atoms with Crippen LogP contribution in [-0.4, -0.2) is 41.0 Å². The Bertz CT molecular complexity index is 1310. The van der Waals surface area contributed by atoms with Crippen LogP contribution in [0.1, 0.15) is 46.8 Å². The number of pyridine rings is 1. The van der Waals surface area contributed by atoms with E-state index in [0.29, 0.717) is 10.6 Å². The van der Waals surface area contributed by atoms with Crippen LogP contribution in [0.4, 0.5) is 0 Å². The van der Waals surface area contributed by atoms with E-state index in [-0.39, 0.29) is 12.0 Å². The summed E-state index contributed by atoms with van der Waals surface area (Å²) in [5.41, 5.74) is 5.93. The predicted octanol–water partition coefficient (Wildman–Crippen LogP) is 6.44. The Hall–Kier alpha value is -3.15. The molecule has 3 heterocycles. The minimum atomic E-state index is -0.314. The van der Waals surface area contributed by atoms with Crippen LogP contribution in [0, 0.1) is 0 Å². The number of hydrogen-bond acceptors (Lipinski definition) is 4. The zero-order valence-electron chi connectivity index (χ0n) is 19.3. The van der Waals surface area contributed by atoms with Crippen molar-refractivity contribution in [1.29, 1.82) is 0 Å². The van der Waals surface area contributed by atoms with Gasteiger partial charge in [0, 0.05) is 46.1 Å². The number of rotatable bonds is 6. The average Bonchev–Trinajstić information content (AvgIpc) is 3.30. The number of fused-ring (bicyclic) bond motifs is 1. The Morgan fingerprint density at radius 2 is 1.91 bits per heavy atom. The summed E-state index contributed by atoms with van der Waals surface area (Å²) in [6.45, 7) is 2.11. The molecule has 174 valence electrons. The first-order valence-electron chi connectivity index (χ1n) is 11.8. The average molecular weight is 474 g/mol. The van der Waals surface area contributed by atoms with Gasteiger partial charge in [0.1, 0.15) is 0 Å². The van der Waals surface area contributed by atoms with Crippen molar-refractivity contribution < 1.29 is 9.53 Å². The molecule has 1 saturated heterocycles. The highest BCUT2D eigenvalue weighted by Crippen LogP contribution is 2.34. The van der Waals surface area contributed by atoms with Gasteiger partial charge < -0.3 is 9.72 Å². The van der Waals surface area contributed by atoms with Gasteiger partial charge in [-0.15, -0.1) is 0 Å². The topological polar surface area (TPSA) is 58.2 Å². The van der Waals surface area contributed by atoms with Crippen molar-refractivity contribution in [3.63, 3.8) is 0 Å². The van der Waals surface area contributed by atoms with E-state index >= 15 is 0 Å². The molecular formula is C28H28ClN3O2. The molecule has 2 aromatic carbocycles. The number of nitrogens with one attached hydrogen (secondary N) is 1. The van der Waals surface area contributed by atoms with Gasteiger partial charge in [-0.1, -0.05) is 36.2 Å². The van der Waals surface area contributed by atoms with Crippen molar-refractivity contribution in [2.75, 3.05) is 20.2 Å². The summed E-state index contributed by atoms with van der Waals surface area (Å²) in [5.74, 6) is -0.314. The number of carbonyl (C=O) groups excluding carboxylic acids is 1. The second-order valence-electron chi connectivity index (χ2n) is 8.87. The van der Waals surface area contributed by atoms with Gasteiger partial charge in [0.05, 0.1) is 12.7 Å². The first kappa shape index (κ1) is 22.6. The molecule has 1 atom stereocenters. The van der Waals surface area contributed by atoms with Crippen LogP contribution in [0.2, 0.25) is 5.02 Å². The van der Waals surface area contributed by atoms with Crippen LogP contribution in [0.3, 0.4) is 0 Å². The lowest BCUT2D eigenvalue weighted by atomic mass is 9.93. The van der Waals surface area contributed by atoms with Gasteiger partial charge in [-0.05, 0) is 79.4 Å². The van der Waals surface area contributed by atoms with E-state index in [9.17, 15) is 4.79 Å². The fraction of sp³-hybridized carbons (Fsp3) is 0.286. The smallest absolute Gasteiger partial charge is 0.338 e. The SMILES string of the molecule is COC(=O)c1cccc2[nH]cc(CC(c3cncc(-c4cccc(Cl)c4)c3)N3CCCCC3)c12. The molecule has 34 heavy (non-hydrogen) atoms. The van der Waals surface area contributed by atoms with E-state index in [0.717, 1.165) is 47.1 Å². The number of hydrogen-bond donors (Lipinski definition) is 1. The lowest BCUT2D eigenvalue weighted by molar-refractivity contribution is 0.0603. The van der Waals surface area contributed by atoms with Crippen LogP contribution < -0.4 is 0 Å². The minimum absolute atomic E-state index is 0.150. The zero-order valence-corrected chi connectivity index (χ0v) is 20.0. The number of piperidine rings is 1. The Kier molecular flexibility index (Phi) is 6.66. The lowest BCUT2D eigenvalue weighted by Gasteiger charge is -2.35. The van der Waals surface area contributed by atoms with Gasteiger partial charge in [-0.25, -0.2) is 4.79 Å². The highest BCUT2D eigenvalue weighted by molar-refractivity contribution is 6.30. The molecule has 1 N–H and O–H groups in total. The molecule has 5 nitrogen and oxygen atoms in total. The molecule has 1 fully saturated rings. The summed E-state index contributed by atoms with van der Waals surface area (Å²) in [4.78, 5) is 23.0. The summed E-state index contributed by atoms with van der Waals surface area (Å²) in [6.07, 6.45) is 10.3. The third-order valence-corrected chi connectivity index (χ3v) is 6.97. The molecule has 0 amide bonds. The number of esters is 1. The van der Waals surface area contributed by atoms with Crippen molar-refractivity contribution in [1.82, 2.24) is 14.9 Å². The first-order valence-corrected chi connectivity index (χ1v) is 12.1. The van der Waals surface area contributed by atoms with Crippen LogP contribution >= 0.6 is 11.6 Å². The van der Waals surface area contributed by atoms with Crippen LogP contribution in [-0.2, 0) is 11.2 Å². The normalized spacial score (nSPS) is 15.4. The number of halogens is 1. The van der Waals surface area contributed by atoms with Crippen molar-refractivity contribution in [2.45, 2.75) is 31.7 Å². The molecule has 6 heteroatoms. The second-order valence-corrected chi connectivity index (χ2v) is 9.30. The number of carbonyl (C=O) groups is 1. The third-order valence-electron chi connectivity index (χ3n) is 6.74. The molecule has 0 saturated carbocycles. The van der Waals surface area contributed by atoms with E-state index in [1.54, 1.807) is 0 Å². The van der Waals surface area contributed by atoms with Crippen molar-refractivity contribution >= 4 is 28.5 Å². The van der Waals surface area contributed by atoms with Crippen molar-refractivity contribution in [3.8, 4) is 11.1 Å². The zero-order chi connectivity index (χ0) is 23.5. The van der Waals surface area contributed by atoms with Crippen LogP contribution in [0.5, 0.6) is 0 Å². The quantitative estimate of drug-likeness (QED) is 0.327. The van der Waals surface area contributed by atoms with Gasteiger partial charge in [0.25, 0.3) is 0 Å². The minimum Gasteiger partial charge on any atom is -0.465 e. The molecule has 1 unspecified atom stereocenters. The molecule has 0 bridgehead atoms. The molecule has 5 rings (SSSR count). The molecule has 0 aliphatic carbocycles. The maximum atomic E-state index is 12.5. The predicted molar refractivity (Wildman–Crippen MR) is 136 cm³/mol. The number of nitrogens with zero attached hydrogens (tertiary/aromatic N) is 2. The Morgan fingerprint density at radius 1 is 1.09 bits per heavy atom.